The molecule has 0 saturated heterocycles. The second-order valence-corrected chi connectivity index (χ2v) is 2.28. The van der Waals surface area contributed by atoms with Crippen molar-refractivity contribution in [2.75, 3.05) is 0 Å². The molecule has 0 N–H and O–H groups in total. The van der Waals surface area contributed by atoms with Crippen LogP contribution in [-0.4, -0.2) is 11.9 Å². The third-order valence-electron chi connectivity index (χ3n) is 0.398. The Hall–Kier alpha value is 0.315. The number of carbonyl (C=O) groups is 2. The molecular formula is C6H4Br2HgO4. The summed E-state index contributed by atoms with van der Waals surface area (Å²) in [7, 11) is 0. The third-order valence-corrected chi connectivity index (χ3v) is 0.927. The van der Waals surface area contributed by atoms with Crippen LogP contribution in [0.4, 0.5) is 0 Å². The molecule has 0 aliphatic rings. The quantitative estimate of drug-likeness (QED) is 0.371. The molecule has 0 aliphatic heterocycles. The first kappa shape index (κ1) is 19.0. The van der Waals surface area contributed by atoms with E-state index >= 15 is 0 Å². The number of halogens is 2. The number of carboxylic acid groups (broad SMARTS) is 2. The second-order valence-electron chi connectivity index (χ2n) is 1.22. The topological polar surface area (TPSA) is 80.3 Å². The van der Waals surface area contributed by atoms with E-state index in [4.69, 9.17) is 0 Å². The number of hydrogen-bond acceptors (Lipinski definition) is 4. The third kappa shape index (κ3) is 32.9. The molecule has 0 saturated carbocycles. The van der Waals surface area contributed by atoms with Crippen LogP contribution in [0.2, 0.25) is 0 Å². The van der Waals surface area contributed by atoms with E-state index < -0.39 is 11.9 Å². The van der Waals surface area contributed by atoms with Crippen molar-refractivity contribution in [3.05, 3.63) is 22.1 Å². The van der Waals surface area contributed by atoms with Crippen LogP contribution in [0.5, 0.6) is 0 Å². The van der Waals surface area contributed by atoms with Crippen LogP contribution in [0.1, 0.15) is 0 Å². The summed E-state index contributed by atoms with van der Waals surface area (Å²) in [6.45, 7) is 0. The molecule has 7 heteroatoms. The van der Waals surface area contributed by atoms with Crippen molar-refractivity contribution in [3.63, 3.8) is 0 Å². The van der Waals surface area contributed by atoms with Gasteiger partial charge in [-0.2, -0.15) is 0 Å². The summed E-state index contributed by atoms with van der Waals surface area (Å²) in [5.41, 5.74) is 0. The van der Waals surface area contributed by atoms with Crippen LogP contribution in [0.25, 0.3) is 0 Å². The molecule has 4 nitrogen and oxygen atoms in total. The van der Waals surface area contributed by atoms with Gasteiger partial charge in [0, 0.05) is 0 Å². The van der Waals surface area contributed by atoms with Crippen molar-refractivity contribution < 1.29 is 47.5 Å². The van der Waals surface area contributed by atoms with Crippen molar-refractivity contribution >= 4 is 43.8 Å². The zero-order valence-electron chi connectivity index (χ0n) is 6.41. The van der Waals surface area contributed by atoms with E-state index in [0.717, 1.165) is 12.2 Å². The van der Waals surface area contributed by atoms with Gasteiger partial charge in [-0.25, -0.2) is 0 Å². The molecule has 0 heterocycles. The van der Waals surface area contributed by atoms with E-state index in [1.807, 2.05) is 0 Å². The van der Waals surface area contributed by atoms with Gasteiger partial charge in [-0.15, -0.1) is 0 Å². The van der Waals surface area contributed by atoms with Crippen molar-refractivity contribution in [1.82, 2.24) is 0 Å². The molecule has 0 aliphatic carbocycles. The van der Waals surface area contributed by atoms with Crippen LogP contribution in [0, 0.1) is 0 Å². The Balaban J connectivity index is -0.000000143. The Morgan fingerprint density at radius 3 is 1.15 bits per heavy atom. The standard InChI is InChI=1S/2C3H3BrO2.Hg/c2*4-2-1-3(5)6;/h2*1-2H,(H,5,6);/q;;+2/p-2/b2*2-1+;. The van der Waals surface area contributed by atoms with Crippen molar-refractivity contribution in [2.24, 2.45) is 0 Å². The summed E-state index contributed by atoms with van der Waals surface area (Å²) < 4.78 is 0. The zero-order chi connectivity index (χ0) is 9.98. The maximum absolute atomic E-state index is 9.37. The largest absolute Gasteiger partial charge is 2.00 e. The SMILES string of the molecule is O=C([O-])/C=C/Br.O=C([O-])/C=C/Br.[Hg+2]. The molecule has 13 heavy (non-hydrogen) atoms. The van der Waals surface area contributed by atoms with E-state index in [0.29, 0.717) is 0 Å². The molecule has 0 rings (SSSR count). The van der Waals surface area contributed by atoms with Gasteiger partial charge in [0.05, 0.1) is 11.9 Å². The van der Waals surface area contributed by atoms with Gasteiger partial charge in [-0.05, 0) is 22.1 Å². The Morgan fingerprint density at radius 2 is 1.15 bits per heavy atom. The minimum absolute atomic E-state index is 0. The number of carboxylic acids is 2. The smallest absolute Gasteiger partial charge is 0.545 e. The van der Waals surface area contributed by atoms with Crippen LogP contribution in [-0.2, 0) is 37.3 Å². The van der Waals surface area contributed by atoms with Gasteiger partial charge in [0.15, 0.2) is 0 Å². The van der Waals surface area contributed by atoms with E-state index in [2.05, 4.69) is 31.9 Å². The minimum atomic E-state index is -1.19. The Bertz CT molecular complexity index is 181. The van der Waals surface area contributed by atoms with E-state index in [1.165, 1.54) is 9.97 Å². The molecule has 0 atom stereocenters. The van der Waals surface area contributed by atoms with Crippen molar-refractivity contribution in [2.45, 2.75) is 0 Å². The molecule has 0 aromatic carbocycles. The zero-order valence-corrected chi connectivity index (χ0v) is 15.1. The maximum atomic E-state index is 9.37. The van der Waals surface area contributed by atoms with E-state index in [1.54, 1.807) is 0 Å². The van der Waals surface area contributed by atoms with E-state index in [-0.39, 0.29) is 27.7 Å². The summed E-state index contributed by atoms with van der Waals surface area (Å²) in [6, 6.07) is 0. The molecule has 0 aromatic rings. The van der Waals surface area contributed by atoms with Gasteiger partial charge in [0.2, 0.25) is 0 Å². The van der Waals surface area contributed by atoms with Crippen LogP contribution < -0.4 is 10.2 Å². The Morgan fingerprint density at radius 1 is 0.923 bits per heavy atom. The molecule has 0 fully saturated rings. The van der Waals surface area contributed by atoms with Gasteiger partial charge < -0.3 is 19.8 Å². The average Bonchev–Trinajstić information content (AvgIpc) is 1.87. The fraction of sp³-hybridized carbons (Fsp3) is 0. The molecule has 0 bridgehead atoms. The summed E-state index contributed by atoms with van der Waals surface area (Å²) in [6.07, 6.45) is 1.78. The number of hydrogen-bond donors (Lipinski definition) is 0. The molecule has 0 unspecified atom stereocenters. The van der Waals surface area contributed by atoms with E-state index in [9.17, 15) is 19.8 Å². The molecule has 0 aromatic heterocycles. The molecule has 0 radical (unpaired) electrons. The second kappa shape index (κ2) is 14.8. The number of rotatable bonds is 2. The first-order valence-corrected chi connectivity index (χ1v) is 4.33. The van der Waals surface area contributed by atoms with Gasteiger partial charge in [-0.3, -0.25) is 0 Å². The number of carbonyl (C=O) groups excluding carboxylic acids is 2. The molecule has 0 spiro atoms. The van der Waals surface area contributed by atoms with Crippen LogP contribution >= 0.6 is 31.9 Å². The minimum Gasteiger partial charge on any atom is -0.545 e. The predicted molar refractivity (Wildman–Crippen MR) is 46.1 cm³/mol. The molecule has 68 valence electrons. The van der Waals surface area contributed by atoms with Crippen molar-refractivity contribution in [3.8, 4) is 0 Å². The summed E-state index contributed by atoms with van der Waals surface area (Å²) in [4.78, 5) is 21.2. The summed E-state index contributed by atoms with van der Waals surface area (Å²) in [5.74, 6) is -2.38. The predicted octanol–water partition coefficient (Wildman–Crippen LogP) is -0.713. The fourth-order valence-electron chi connectivity index (χ4n) is 0.103. The summed E-state index contributed by atoms with van der Waals surface area (Å²) in [5, 5.41) is 18.7. The van der Waals surface area contributed by atoms with Gasteiger partial charge in [0.25, 0.3) is 0 Å². The maximum Gasteiger partial charge on any atom is 2.00 e. The number of aliphatic carboxylic acids is 2. The molecule has 0 amide bonds. The first-order valence-electron chi connectivity index (χ1n) is 2.50. The van der Waals surface area contributed by atoms with Crippen LogP contribution in [0.3, 0.4) is 0 Å². The fourth-order valence-corrected chi connectivity index (χ4v) is 0.535. The van der Waals surface area contributed by atoms with Crippen LogP contribution in [0.15, 0.2) is 22.1 Å². The van der Waals surface area contributed by atoms with Crippen molar-refractivity contribution in [1.29, 1.82) is 0 Å². The Kier molecular flexibility index (Phi) is 21.6. The van der Waals surface area contributed by atoms with Gasteiger partial charge >= 0.3 is 27.7 Å². The summed E-state index contributed by atoms with van der Waals surface area (Å²) >= 11 is 5.50. The first-order chi connectivity index (χ1) is 5.54. The monoisotopic (exact) mass is 500 g/mol. The molecular weight excluding hydrogens is 496 g/mol. The average molecular weight is 500 g/mol. The van der Waals surface area contributed by atoms with Gasteiger partial charge in [0.1, 0.15) is 0 Å². The Labute approximate surface area is 112 Å². The normalized spacial score (nSPS) is 8.77. The van der Waals surface area contributed by atoms with Gasteiger partial charge in [-0.1, -0.05) is 31.9 Å².